The minimum atomic E-state index is -4.37. The standard InChI is InChI=1S/C26H24F3NO3S/c1-13(2)24-17-7-6-16(26(27,28)29)11-23(17)34-22(24)9-8-20-19-10-14(3)18(12-21(19)33-30-20)15(4)25(31)32-5/h6-7,10-13H,4,8-9H2,1-3,5H3. The van der Waals surface area contributed by atoms with Crippen molar-refractivity contribution in [3.63, 3.8) is 0 Å². The first-order valence-electron chi connectivity index (χ1n) is 10.8. The number of carbonyl (C=O) groups is 1. The van der Waals surface area contributed by atoms with E-state index in [1.54, 1.807) is 12.1 Å². The molecular formula is C26H24F3NO3S. The number of rotatable bonds is 6. The average Bonchev–Trinajstić information content (AvgIpc) is 3.35. The maximum atomic E-state index is 13.2. The zero-order valence-corrected chi connectivity index (χ0v) is 20.1. The number of aryl methyl sites for hydroxylation is 3. The van der Waals surface area contributed by atoms with Crippen LogP contribution in [0.3, 0.4) is 0 Å². The molecule has 0 saturated heterocycles. The van der Waals surface area contributed by atoms with Crippen molar-refractivity contribution in [3.8, 4) is 0 Å². The molecule has 178 valence electrons. The molecule has 4 aromatic rings. The van der Waals surface area contributed by atoms with Crippen LogP contribution in [-0.4, -0.2) is 18.2 Å². The Labute approximate surface area is 199 Å². The van der Waals surface area contributed by atoms with E-state index in [1.807, 2.05) is 26.8 Å². The lowest BCUT2D eigenvalue weighted by Crippen LogP contribution is -2.04. The van der Waals surface area contributed by atoms with Crippen LogP contribution in [-0.2, 0) is 28.5 Å². The second-order valence-electron chi connectivity index (χ2n) is 8.57. The van der Waals surface area contributed by atoms with Crippen molar-refractivity contribution in [1.82, 2.24) is 5.16 Å². The van der Waals surface area contributed by atoms with Gasteiger partial charge in [0.15, 0.2) is 5.58 Å². The number of aromatic nitrogens is 1. The summed E-state index contributed by atoms with van der Waals surface area (Å²) in [6.45, 7) is 9.78. The van der Waals surface area contributed by atoms with E-state index in [-0.39, 0.29) is 11.5 Å². The molecule has 0 unspecified atom stereocenters. The molecule has 0 saturated carbocycles. The average molecular weight is 488 g/mol. The summed E-state index contributed by atoms with van der Waals surface area (Å²) >= 11 is 1.40. The van der Waals surface area contributed by atoms with Crippen molar-refractivity contribution in [2.24, 2.45) is 0 Å². The van der Waals surface area contributed by atoms with Crippen LogP contribution in [0.25, 0.3) is 26.6 Å². The molecule has 2 heterocycles. The van der Waals surface area contributed by atoms with E-state index < -0.39 is 17.7 Å². The van der Waals surface area contributed by atoms with Gasteiger partial charge in [-0.1, -0.05) is 31.6 Å². The van der Waals surface area contributed by atoms with Crippen LogP contribution in [0.2, 0.25) is 0 Å². The molecule has 2 aromatic heterocycles. The second kappa shape index (κ2) is 8.91. The summed E-state index contributed by atoms with van der Waals surface area (Å²) in [5.74, 6) is -0.342. The SMILES string of the molecule is C=C(C(=O)OC)c1cc2onc(CCc3sc4cc(C(F)(F)F)ccc4c3C(C)C)c2cc1C. The van der Waals surface area contributed by atoms with Crippen molar-refractivity contribution in [1.29, 1.82) is 0 Å². The van der Waals surface area contributed by atoms with Crippen LogP contribution in [0.5, 0.6) is 0 Å². The first-order chi connectivity index (χ1) is 16.0. The van der Waals surface area contributed by atoms with Gasteiger partial charge < -0.3 is 9.26 Å². The highest BCUT2D eigenvalue weighted by atomic mass is 32.1. The number of fused-ring (bicyclic) bond motifs is 2. The van der Waals surface area contributed by atoms with Gasteiger partial charge >= 0.3 is 12.1 Å². The normalized spacial score (nSPS) is 12.1. The van der Waals surface area contributed by atoms with Gasteiger partial charge in [-0.25, -0.2) is 4.79 Å². The molecule has 2 aromatic carbocycles. The number of hydrogen-bond donors (Lipinski definition) is 0. The predicted octanol–water partition coefficient (Wildman–Crippen LogP) is 7.46. The fourth-order valence-corrected chi connectivity index (χ4v) is 5.67. The van der Waals surface area contributed by atoms with E-state index >= 15 is 0 Å². The van der Waals surface area contributed by atoms with Crippen LogP contribution >= 0.6 is 11.3 Å². The Morgan fingerprint density at radius 2 is 1.91 bits per heavy atom. The summed E-state index contributed by atoms with van der Waals surface area (Å²) in [6, 6.07) is 7.61. The lowest BCUT2D eigenvalue weighted by atomic mass is 9.96. The summed E-state index contributed by atoms with van der Waals surface area (Å²) in [5, 5.41) is 5.94. The molecule has 34 heavy (non-hydrogen) atoms. The first-order valence-corrected chi connectivity index (χ1v) is 11.6. The number of nitrogens with zero attached hydrogens (tertiary/aromatic N) is 1. The van der Waals surface area contributed by atoms with Gasteiger partial charge in [-0.05, 0) is 72.0 Å². The maximum absolute atomic E-state index is 13.2. The van der Waals surface area contributed by atoms with E-state index in [9.17, 15) is 18.0 Å². The van der Waals surface area contributed by atoms with Gasteiger partial charge in [-0.2, -0.15) is 13.2 Å². The van der Waals surface area contributed by atoms with Gasteiger partial charge in [-0.15, -0.1) is 11.3 Å². The number of methoxy groups -OCH3 is 1. The van der Waals surface area contributed by atoms with Crippen LogP contribution in [0, 0.1) is 6.92 Å². The lowest BCUT2D eigenvalue weighted by Gasteiger charge is -2.09. The largest absolute Gasteiger partial charge is 0.465 e. The van der Waals surface area contributed by atoms with E-state index in [4.69, 9.17) is 9.26 Å². The van der Waals surface area contributed by atoms with Crippen molar-refractivity contribution >= 4 is 43.9 Å². The van der Waals surface area contributed by atoms with Crippen molar-refractivity contribution < 1.29 is 27.2 Å². The third kappa shape index (κ3) is 4.34. The molecule has 0 aliphatic carbocycles. The lowest BCUT2D eigenvalue weighted by molar-refractivity contribution is -0.137. The number of benzene rings is 2. The summed E-state index contributed by atoms with van der Waals surface area (Å²) in [5.41, 5.74) is 3.46. The molecule has 0 radical (unpaired) electrons. The van der Waals surface area contributed by atoms with Crippen LogP contribution in [0.4, 0.5) is 13.2 Å². The molecule has 4 rings (SSSR count). The molecule has 0 aliphatic heterocycles. The van der Waals surface area contributed by atoms with Crippen LogP contribution < -0.4 is 0 Å². The van der Waals surface area contributed by atoms with Crippen LogP contribution in [0.1, 0.15) is 52.6 Å². The highest BCUT2D eigenvalue weighted by molar-refractivity contribution is 7.19. The van der Waals surface area contributed by atoms with E-state index in [1.165, 1.54) is 24.5 Å². The smallest absolute Gasteiger partial charge is 0.416 e. The minimum absolute atomic E-state index is 0.170. The van der Waals surface area contributed by atoms with Gasteiger partial charge in [0.2, 0.25) is 0 Å². The zero-order chi connectivity index (χ0) is 24.8. The number of alkyl halides is 3. The fraction of sp³-hybridized carbons (Fsp3) is 0.308. The van der Waals surface area contributed by atoms with Crippen molar-refractivity contribution in [2.45, 2.75) is 45.7 Å². The number of carbonyl (C=O) groups excluding carboxylic acids is 1. The Bertz CT molecular complexity index is 1410. The fourth-order valence-electron chi connectivity index (χ4n) is 4.28. The highest BCUT2D eigenvalue weighted by Gasteiger charge is 2.31. The van der Waals surface area contributed by atoms with Gasteiger partial charge in [-0.3, -0.25) is 0 Å². The van der Waals surface area contributed by atoms with Crippen LogP contribution in [0.15, 0.2) is 41.4 Å². The monoisotopic (exact) mass is 487 g/mol. The Balaban J connectivity index is 1.66. The van der Waals surface area contributed by atoms with Gasteiger partial charge in [0.1, 0.15) is 0 Å². The molecule has 0 N–H and O–H groups in total. The predicted molar refractivity (Wildman–Crippen MR) is 128 cm³/mol. The van der Waals surface area contributed by atoms with E-state index in [0.29, 0.717) is 28.7 Å². The number of thiophene rings is 1. The molecule has 8 heteroatoms. The summed E-state index contributed by atoms with van der Waals surface area (Å²) in [4.78, 5) is 12.9. The number of halogens is 3. The number of ether oxygens (including phenoxy) is 1. The number of esters is 1. The maximum Gasteiger partial charge on any atom is 0.416 e. The van der Waals surface area contributed by atoms with Gasteiger partial charge in [0, 0.05) is 15.0 Å². The molecule has 0 spiro atoms. The van der Waals surface area contributed by atoms with Crippen molar-refractivity contribution in [2.75, 3.05) is 7.11 Å². The highest BCUT2D eigenvalue weighted by Crippen LogP contribution is 2.40. The Kier molecular flexibility index (Phi) is 6.29. The third-order valence-corrected chi connectivity index (χ3v) is 7.18. The molecule has 0 fully saturated rings. The van der Waals surface area contributed by atoms with Gasteiger partial charge in [0.05, 0.1) is 23.9 Å². The molecule has 4 nitrogen and oxygen atoms in total. The quantitative estimate of drug-likeness (QED) is 0.209. The molecular weight excluding hydrogens is 463 g/mol. The molecule has 0 bridgehead atoms. The number of hydrogen-bond acceptors (Lipinski definition) is 5. The van der Waals surface area contributed by atoms with Gasteiger partial charge in [0.25, 0.3) is 0 Å². The summed E-state index contributed by atoms with van der Waals surface area (Å²) < 4.78 is 50.5. The molecule has 0 atom stereocenters. The second-order valence-corrected chi connectivity index (χ2v) is 9.70. The third-order valence-electron chi connectivity index (χ3n) is 5.95. The Morgan fingerprint density at radius 1 is 1.18 bits per heavy atom. The van der Waals surface area contributed by atoms with E-state index in [0.717, 1.165) is 38.5 Å². The molecule has 0 amide bonds. The summed E-state index contributed by atoms with van der Waals surface area (Å²) in [6.07, 6.45) is -3.17. The Hall–Kier alpha value is -3.13. The Morgan fingerprint density at radius 3 is 2.56 bits per heavy atom. The van der Waals surface area contributed by atoms with Crippen molar-refractivity contribution in [3.05, 3.63) is 69.7 Å². The minimum Gasteiger partial charge on any atom is -0.465 e. The summed E-state index contributed by atoms with van der Waals surface area (Å²) in [7, 11) is 1.30. The first kappa shape index (κ1) is 24.0. The zero-order valence-electron chi connectivity index (χ0n) is 19.3. The van der Waals surface area contributed by atoms with E-state index in [2.05, 4.69) is 11.7 Å². The topological polar surface area (TPSA) is 52.3 Å². The molecule has 0 aliphatic rings.